The van der Waals surface area contributed by atoms with Gasteiger partial charge >= 0.3 is 5.97 Å². The molecule has 1 aromatic carbocycles. The Bertz CT molecular complexity index is 701. The third-order valence-corrected chi connectivity index (χ3v) is 4.74. The van der Waals surface area contributed by atoms with Crippen molar-refractivity contribution in [1.82, 2.24) is 5.43 Å². The zero-order valence-corrected chi connectivity index (χ0v) is 17.0. The molecular formula is C17H22N4O4S2. The van der Waals surface area contributed by atoms with Gasteiger partial charge in [0.2, 0.25) is 5.12 Å². The van der Waals surface area contributed by atoms with Gasteiger partial charge in [-0.15, -0.1) is 5.53 Å². The van der Waals surface area contributed by atoms with E-state index in [0.717, 1.165) is 28.4 Å². The van der Waals surface area contributed by atoms with Crippen LogP contribution in [-0.2, 0) is 19.1 Å². The fraction of sp³-hybridized carbons (Fsp3) is 0.471. The van der Waals surface area contributed by atoms with E-state index in [0.29, 0.717) is 0 Å². The fourth-order valence-corrected chi connectivity index (χ4v) is 3.45. The molecule has 0 aliphatic carbocycles. The number of esters is 1. The van der Waals surface area contributed by atoms with Gasteiger partial charge in [-0.05, 0) is 38.1 Å². The van der Waals surface area contributed by atoms with E-state index in [4.69, 9.17) is 10.3 Å². The number of hydrogen-bond donors (Lipinski definition) is 1. The molecular weight excluding hydrogens is 388 g/mol. The number of azide groups is 1. The van der Waals surface area contributed by atoms with Gasteiger partial charge in [0.25, 0.3) is 0 Å². The van der Waals surface area contributed by atoms with E-state index in [-0.39, 0.29) is 28.8 Å². The van der Waals surface area contributed by atoms with Gasteiger partial charge in [-0.2, -0.15) is 4.91 Å². The van der Waals surface area contributed by atoms with Crippen molar-refractivity contribution in [2.45, 2.75) is 50.2 Å². The molecule has 0 aliphatic rings. The molecule has 0 heterocycles. The zero-order valence-electron chi connectivity index (χ0n) is 15.4. The van der Waals surface area contributed by atoms with Crippen LogP contribution in [-0.4, -0.2) is 33.6 Å². The van der Waals surface area contributed by atoms with Crippen molar-refractivity contribution in [1.29, 1.82) is 0 Å². The van der Waals surface area contributed by atoms with E-state index >= 15 is 0 Å². The normalized spacial score (nSPS) is 11.8. The maximum absolute atomic E-state index is 12.3. The zero-order chi connectivity index (χ0) is 20.3. The van der Waals surface area contributed by atoms with Crippen LogP contribution in [0.25, 0.3) is 10.4 Å². The highest BCUT2D eigenvalue weighted by Crippen LogP contribution is 2.22. The predicted molar refractivity (Wildman–Crippen MR) is 106 cm³/mol. The number of ether oxygens (including phenoxy) is 1. The molecule has 0 fully saturated rings. The summed E-state index contributed by atoms with van der Waals surface area (Å²) in [6.07, 6.45) is -0.0779. The molecule has 0 amide bonds. The molecule has 146 valence electrons. The Hall–Kier alpha value is -2.16. The molecule has 10 heteroatoms. The summed E-state index contributed by atoms with van der Waals surface area (Å²) in [4.78, 5) is 39.5. The molecule has 0 radical (unpaired) electrons. The Labute approximate surface area is 166 Å². The number of carbonyl (C=O) groups is 3. The number of hydrogen-bond acceptors (Lipinski definition) is 7. The monoisotopic (exact) mass is 410 g/mol. The molecule has 0 saturated carbocycles. The van der Waals surface area contributed by atoms with E-state index in [1.807, 2.05) is 18.2 Å². The standard InChI is InChI=1S/C17H22N4O4S2/c1-17(2,3)25-14(22)9-10-26-16(24)13(19-21-20-18)11-15(23)27-12-7-5-4-6-8-12/h4-8,13,19H,9-11H2,1-3H3/t13-/m0/s1. The Kier molecular flexibility index (Phi) is 9.77. The molecule has 1 atom stereocenters. The van der Waals surface area contributed by atoms with Gasteiger partial charge in [0, 0.05) is 10.6 Å². The number of thioether (sulfide) groups is 2. The van der Waals surface area contributed by atoms with E-state index in [9.17, 15) is 14.4 Å². The minimum Gasteiger partial charge on any atom is -0.460 e. The van der Waals surface area contributed by atoms with Gasteiger partial charge < -0.3 is 4.74 Å². The highest BCUT2D eigenvalue weighted by atomic mass is 32.2. The number of carbonyl (C=O) groups excluding carboxylic acids is 3. The second-order valence-corrected chi connectivity index (χ2v) is 8.60. The predicted octanol–water partition coefficient (Wildman–Crippen LogP) is 3.87. The smallest absolute Gasteiger partial charge is 0.307 e. The van der Waals surface area contributed by atoms with Crippen LogP contribution in [0.2, 0.25) is 0 Å². The largest absolute Gasteiger partial charge is 0.460 e. The Balaban J connectivity index is 2.54. The number of nitrogens with zero attached hydrogens (tertiary/aromatic N) is 3. The molecule has 0 aromatic heterocycles. The van der Waals surface area contributed by atoms with E-state index in [1.54, 1.807) is 32.9 Å². The van der Waals surface area contributed by atoms with E-state index in [1.165, 1.54) is 0 Å². The van der Waals surface area contributed by atoms with Crippen molar-refractivity contribution in [2.24, 2.45) is 5.22 Å². The van der Waals surface area contributed by atoms with Crippen molar-refractivity contribution in [2.75, 3.05) is 5.75 Å². The molecule has 8 nitrogen and oxygen atoms in total. The Morgan fingerprint density at radius 3 is 2.52 bits per heavy atom. The van der Waals surface area contributed by atoms with Gasteiger partial charge in [-0.25, -0.2) is 5.43 Å². The molecule has 0 spiro atoms. The first-order valence-corrected chi connectivity index (χ1v) is 9.95. The summed E-state index contributed by atoms with van der Waals surface area (Å²) in [7, 11) is 0. The van der Waals surface area contributed by atoms with Crippen molar-refractivity contribution >= 4 is 39.7 Å². The van der Waals surface area contributed by atoms with Crippen LogP contribution in [0.4, 0.5) is 0 Å². The van der Waals surface area contributed by atoms with Crippen LogP contribution in [0.3, 0.4) is 0 Å². The van der Waals surface area contributed by atoms with Crippen LogP contribution in [0.15, 0.2) is 40.5 Å². The highest BCUT2D eigenvalue weighted by molar-refractivity contribution is 8.14. The SMILES string of the molecule is CC(C)(C)OC(=O)CCSC(=O)[C@H](CC(=O)Sc1ccccc1)NN=[N+]=[N-]. The summed E-state index contributed by atoms with van der Waals surface area (Å²) in [5, 5.41) is 2.56. The second-order valence-electron chi connectivity index (χ2n) is 6.37. The minimum atomic E-state index is -0.965. The fourth-order valence-electron chi connectivity index (χ4n) is 1.83. The van der Waals surface area contributed by atoms with Crippen LogP contribution >= 0.6 is 23.5 Å². The Morgan fingerprint density at radius 1 is 1.26 bits per heavy atom. The lowest BCUT2D eigenvalue weighted by Crippen LogP contribution is -2.33. The first kappa shape index (κ1) is 22.9. The molecule has 0 saturated heterocycles. The lowest BCUT2D eigenvalue weighted by Gasteiger charge is -2.19. The molecule has 0 bridgehead atoms. The molecule has 0 unspecified atom stereocenters. The molecule has 1 N–H and O–H groups in total. The summed E-state index contributed by atoms with van der Waals surface area (Å²) in [6, 6.07) is 8.07. The summed E-state index contributed by atoms with van der Waals surface area (Å²) >= 11 is 1.90. The van der Waals surface area contributed by atoms with Crippen molar-refractivity contribution in [3.8, 4) is 0 Å². The molecule has 0 aliphatic heterocycles. The van der Waals surface area contributed by atoms with Gasteiger partial charge in [-0.3, -0.25) is 14.4 Å². The summed E-state index contributed by atoms with van der Waals surface area (Å²) in [6.45, 7) is 5.29. The third-order valence-electron chi connectivity index (χ3n) is 2.86. The molecule has 27 heavy (non-hydrogen) atoms. The van der Waals surface area contributed by atoms with Gasteiger partial charge in [0.1, 0.15) is 5.60 Å². The van der Waals surface area contributed by atoms with Crippen LogP contribution in [0.1, 0.15) is 33.6 Å². The highest BCUT2D eigenvalue weighted by Gasteiger charge is 2.25. The number of rotatable bonds is 9. The third kappa shape index (κ3) is 10.5. The van der Waals surface area contributed by atoms with Crippen LogP contribution < -0.4 is 5.43 Å². The first-order chi connectivity index (χ1) is 12.7. The van der Waals surface area contributed by atoms with Crippen molar-refractivity contribution in [3.05, 3.63) is 40.8 Å². The minimum absolute atomic E-state index is 0.0641. The second kappa shape index (κ2) is 11.5. The first-order valence-electron chi connectivity index (χ1n) is 8.15. The van der Waals surface area contributed by atoms with Crippen LogP contribution in [0.5, 0.6) is 0 Å². The average molecular weight is 411 g/mol. The maximum atomic E-state index is 12.3. The van der Waals surface area contributed by atoms with Crippen molar-refractivity contribution < 1.29 is 19.1 Å². The van der Waals surface area contributed by atoms with Gasteiger partial charge in [0.05, 0.1) is 12.8 Å². The quantitative estimate of drug-likeness (QED) is 0.164. The summed E-state index contributed by atoms with van der Waals surface area (Å²) in [5.41, 5.74) is 10.2. The van der Waals surface area contributed by atoms with Crippen LogP contribution in [0, 0.1) is 0 Å². The number of nitrogens with one attached hydrogen (secondary N) is 1. The number of benzene rings is 1. The molecule has 1 rings (SSSR count). The average Bonchev–Trinajstić information content (AvgIpc) is 2.57. The van der Waals surface area contributed by atoms with E-state index in [2.05, 4.69) is 15.6 Å². The van der Waals surface area contributed by atoms with Gasteiger partial charge in [-0.1, -0.05) is 41.7 Å². The van der Waals surface area contributed by atoms with E-state index < -0.39 is 17.6 Å². The lowest BCUT2D eigenvalue weighted by molar-refractivity contribution is -0.154. The topological polar surface area (TPSA) is 121 Å². The molecule has 1 aromatic rings. The Morgan fingerprint density at radius 2 is 1.93 bits per heavy atom. The van der Waals surface area contributed by atoms with Gasteiger partial charge in [0.15, 0.2) is 11.2 Å². The lowest BCUT2D eigenvalue weighted by atomic mass is 10.2. The summed E-state index contributed by atoms with van der Waals surface area (Å²) < 4.78 is 5.17. The maximum Gasteiger partial charge on any atom is 0.307 e. The van der Waals surface area contributed by atoms with Crippen molar-refractivity contribution in [3.63, 3.8) is 0 Å². The summed E-state index contributed by atoms with van der Waals surface area (Å²) in [5.74, 6) is -0.194.